The molecular weight excluding hydrogens is 851 g/mol. The van der Waals surface area contributed by atoms with Gasteiger partial charge in [-0.15, -0.1) is 5.10 Å². The largest absolute Gasteiger partial charge is 0.480 e. The van der Waals surface area contributed by atoms with Gasteiger partial charge in [-0.05, 0) is 31.2 Å². The fraction of sp³-hybridized carbons (Fsp3) is 0.351. The molecule has 1 fully saturated rings. The summed E-state index contributed by atoms with van der Waals surface area (Å²) in [4.78, 5) is 67.8. The van der Waals surface area contributed by atoms with E-state index < -0.39 is 22.0 Å². The number of carbonyl (C=O) groups excluding carboxylic acids is 2. The molecule has 5 heterocycles. The summed E-state index contributed by atoms with van der Waals surface area (Å²) in [5, 5.41) is 39.7. The van der Waals surface area contributed by atoms with E-state index in [0.29, 0.717) is 80.0 Å². The predicted molar refractivity (Wildman–Crippen MR) is 227 cm³/mol. The quantitative estimate of drug-likeness (QED) is 0.109. The van der Waals surface area contributed by atoms with Gasteiger partial charge in [0.15, 0.2) is 0 Å². The van der Waals surface area contributed by atoms with Crippen LogP contribution < -0.4 is 15.8 Å². The van der Waals surface area contributed by atoms with Gasteiger partial charge in [-0.1, -0.05) is 46.9 Å². The van der Waals surface area contributed by atoms with Crippen LogP contribution in [0.25, 0.3) is 32.4 Å². The third-order valence-electron chi connectivity index (χ3n) is 9.72. The second-order valence-electron chi connectivity index (χ2n) is 14.4. The average Bonchev–Trinajstić information content (AvgIpc) is 3.96. The summed E-state index contributed by atoms with van der Waals surface area (Å²) in [6.45, 7) is 3.95. The molecule has 0 radical (unpaired) electrons. The van der Waals surface area contributed by atoms with Gasteiger partial charge in [-0.3, -0.25) is 38.8 Å². The van der Waals surface area contributed by atoms with Crippen LogP contribution in [0.5, 0.6) is 0 Å². The summed E-state index contributed by atoms with van der Waals surface area (Å²) in [5.41, 5.74) is 3.99. The van der Waals surface area contributed by atoms with Crippen molar-refractivity contribution in [2.45, 2.75) is 11.3 Å². The molecule has 7 rings (SSSR count). The van der Waals surface area contributed by atoms with Crippen molar-refractivity contribution in [3.8, 4) is 22.5 Å². The number of carbonyl (C=O) groups is 4. The van der Waals surface area contributed by atoms with Crippen LogP contribution in [0, 0.1) is 6.92 Å². The Morgan fingerprint density at radius 2 is 1.00 bits per heavy atom. The molecule has 6 aromatic rings. The number of hydrogen-bond donors (Lipinski definition) is 5. The fourth-order valence-corrected chi connectivity index (χ4v) is 8.95. The molecule has 24 heteroatoms. The van der Waals surface area contributed by atoms with E-state index in [9.17, 15) is 37.8 Å². The number of carboxylic acids is 2. The lowest BCUT2D eigenvalue weighted by Crippen LogP contribution is -2.49. The lowest BCUT2D eigenvalue weighted by atomic mass is 10.1. The number of aliphatic carboxylic acids is 2. The van der Waals surface area contributed by atoms with Gasteiger partial charge >= 0.3 is 11.9 Å². The van der Waals surface area contributed by atoms with Crippen molar-refractivity contribution < 1.29 is 37.8 Å². The van der Waals surface area contributed by atoms with Gasteiger partial charge < -0.3 is 20.8 Å². The second kappa shape index (κ2) is 18.9. The third kappa shape index (κ3) is 11.8. The van der Waals surface area contributed by atoms with Crippen molar-refractivity contribution in [2.75, 3.05) is 89.2 Å². The summed E-state index contributed by atoms with van der Waals surface area (Å²) in [7, 11) is -3.95. The van der Waals surface area contributed by atoms with E-state index in [2.05, 4.69) is 30.8 Å². The normalized spacial score (nSPS) is 15.7. The van der Waals surface area contributed by atoms with Crippen molar-refractivity contribution in [1.29, 1.82) is 0 Å². The van der Waals surface area contributed by atoms with Crippen LogP contribution in [-0.4, -0.2) is 170 Å². The summed E-state index contributed by atoms with van der Waals surface area (Å²) in [5.74, 6) is -2.62. The molecule has 1 aliphatic heterocycles. The minimum Gasteiger partial charge on any atom is -0.480 e. The van der Waals surface area contributed by atoms with Crippen molar-refractivity contribution >= 4 is 77.7 Å². The second-order valence-corrected chi connectivity index (χ2v) is 18.2. The third-order valence-corrected chi connectivity index (χ3v) is 12.8. The summed E-state index contributed by atoms with van der Waals surface area (Å²) in [6, 6.07) is 14.2. The number of nitrogens with one attached hydrogen (secondary N) is 2. The smallest absolute Gasteiger partial charge is 0.317 e. The Bertz CT molecular complexity index is 2550. The summed E-state index contributed by atoms with van der Waals surface area (Å²) >= 11 is 2.34. The van der Waals surface area contributed by atoms with E-state index >= 15 is 0 Å². The molecular formula is C37H43N13O8S3. The zero-order valence-electron chi connectivity index (χ0n) is 32.9. The monoisotopic (exact) mass is 893 g/mol. The van der Waals surface area contributed by atoms with Crippen molar-refractivity contribution in [1.82, 2.24) is 48.8 Å². The van der Waals surface area contributed by atoms with E-state index in [0.717, 1.165) is 32.6 Å². The summed E-state index contributed by atoms with van der Waals surface area (Å²) < 4.78 is 26.1. The number of aryl methyl sites for hydroxylation is 1. The molecule has 4 aromatic heterocycles. The molecule has 2 aromatic carbocycles. The number of anilines is 2. The Labute approximate surface area is 357 Å². The topological polar surface area (TPSA) is 266 Å². The highest BCUT2D eigenvalue weighted by molar-refractivity contribution is 7.91. The maximum atomic E-state index is 13.3. The Hall–Kier alpha value is -5.73. The lowest BCUT2D eigenvalue weighted by molar-refractivity contribution is -0.139. The van der Waals surface area contributed by atoms with Crippen molar-refractivity contribution in [2.24, 2.45) is 5.14 Å². The predicted octanol–water partition coefficient (Wildman–Crippen LogP) is 1.15. The number of aromatic nitrogens is 6. The lowest BCUT2D eigenvalue weighted by Gasteiger charge is -2.33. The number of primary sulfonamides is 1. The first-order valence-corrected chi connectivity index (χ1v) is 22.2. The van der Waals surface area contributed by atoms with Gasteiger partial charge in [0.05, 0.1) is 50.0 Å². The van der Waals surface area contributed by atoms with Crippen LogP contribution >= 0.6 is 22.7 Å². The van der Waals surface area contributed by atoms with Gasteiger partial charge in [0, 0.05) is 74.9 Å². The maximum Gasteiger partial charge on any atom is 0.317 e. The van der Waals surface area contributed by atoms with Crippen LogP contribution in [0.1, 0.15) is 5.01 Å². The first-order chi connectivity index (χ1) is 29.1. The number of rotatable bonds is 13. The first kappa shape index (κ1) is 43.4. The van der Waals surface area contributed by atoms with E-state index in [1.807, 2.05) is 35.1 Å². The van der Waals surface area contributed by atoms with Crippen molar-refractivity contribution in [3.05, 3.63) is 65.9 Å². The number of fused-ring (bicyclic) bond motifs is 2. The molecule has 61 heavy (non-hydrogen) atoms. The van der Waals surface area contributed by atoms with Gasteiger partial charge in [0.2, 0.25) is 26.1 Å². The number of sulfonamides is 1. The molecule has 322 valence electrons. The highest BCUT2D eigenvalue weighted by Gasteiger charge is 2.22. The first-order valence-electron chi connectivity index (χ1n) is 19.0. The van der Waals surface area contributed by atoms with Crippen LogP contribution in [0.15, 0.2) is 65.3 Å². The van der Waals surface area contributed by atoms with Gasteiger partial charge in [0.1, 0.15) is 5.01 Å². The highest BCUT2D eigenvalue weighted by Crippen LogP contribution is 2.26. The molecule has 0 unspecified atom stereocenters. The van der Waals surface area contributed by atoms with Crippen LogP contribution in [0.4, 0.5) is 11.4 Å². The summed E-state index contributed by atoms with van der Waals surface area (Å²) in [6.07, 6.45) is 3.43. The minimum absolute atomic E-state index is 0.000827. The number of benzene rings is 2. The number of carboxylic acid groups (broad SMARTS) is 2. The van der Waals surface area contributed by atoms with Crippen molar-refractivity contribution in [3.63, 3.8) is 0 Å². The number of hydrogen-bond acceptors (Lipinski definition) is 16. The molecule has 0 atom stereocenters. The Balaban J connectivity index is 0.953. The van der Waals surface area contributed by atoms with Gasteiger partial charge in [-0.25, -0.2) is 32.6 Å². The van der Waals surface area contributed by atoms with E-state index in [4.69, 9.17) is 5.14 Å². The highest BCUT2D eigenvalue weighted by atomic mass is 32.2. The molecule has 21 nitrogen and oxygen atoms in total. The Morgan fingerprint density at radius 1 is 0.623 bits per heavy atom. The molecule has 6 N–H and O–H groups in total. The van der Waals surface area contributed by atoms with Gasteiger partial charge in [-0.2, -0.15) is 5.10 Å². The number of nitrogens with two attached hydrogens (primary N) is 1. The minimum atomic E-state index is -3.95. The molecule has 0 aliphatic carbocycles. The zero-order chi connectivity index (χ0) is 43.3. The number of nitrogens with zero attached hydrogens (tertiary/aromatic N) is 10. The van der Waals surface area contributed by atoms with Crippen LogP contribution in [0.2, 0.25) is 0 Å². The van der Waals surface area contributed by atoms with Crippen LogP contribution in [0.3, 0.4) is 0 Å². The number of amides is 2. The zero-order valence-corrected chi connectivity index (χ0v) is 35.3. The average molecular weight is 894 g/mol. The van der Waals surface area contributed by atoms with E-state index in [-0.39, 0.29) is 42.3 Å². The Kier molecular flexibility index (Phi) is 13.4. The Morgan fingerprint density at radius 3 is 1.36 bits per heavy atom. The standard InChI is InChI=1S/C37H43N13O8S3/c1-24-43-49-18-29(41-35(49)59-24)25-2-6-27(7-3-25)39-31(51)20-45-10-14-47(22-33(53)54)16-12-46(13-17-48(15-11-45)23-34(55)56)21-32(52)40-28-8-4-26(5-9-28)30-19-50-36(42-30)60-37(44-50)61(38,57)58/h2-9,18-19H,10-17,20-23H2,1H3,(H,39,51)(H,40,52)(H,53,54)(H,55,56)(H2,38,57,58). The molecule has 1 saturated heterocycles. The van der Waals surface area contributed by atoms with Gasteiger partial charge in [0.25, 0.3) is 10.0 Å². The molecule has 0 saturated carbocycles. The molecule has 2 amide bonds. The molecule has 1 aliphatic rings. The van der Waals surface area contributed by atoms with Crippen LogP contribution in [-0.2, 0) is 29.2 Å². The fourth-order valence-electron chi connectivity index (χ4n) is 6.72. The number of imidazole rings is 2. The maximum absolute atomic E-state index is 13.3. The SMILES string of the molecule is Cc1nn2cc(-c3ccc(NC(=O)CN4CCN(CC(=O)O)CCN(CC(=O)Nc5ccc(-c6cn7nc(S(N)(=O)=O)sc7n6)cc5)CCN(CC(=O)O)CC4)cc3)nc2s1. The van der Waals surface area contributed by atoms with E-state index in [1.54, 1.807) is 56.9 Å². The molecule has 0 bridgehead atoms. The molecule has 0 spiro atoms. The van der Waals surface area contributed by atoms with E-state index in [1.165, 1.54) is 15.9 Å².